The second-order valence-electron chi connectivity index (χ2n) is 5.86. The van der Waals surface area contributed by atoms with Gasteiger partial charge in [0.2, 0.25) is 0 Å². The summed E-state index contributed by atoms with van der Waals surface area (Å²) in [6.07, 6.45) is 0. The number of hydrogen-bond donors (Lipinski definition) is 1. The molecule has 2 nitrogen and oxygen atoms in total. The first-order valence-electron chi connectivity index (χ1n) is 6.66. The van der Waals surface area contributed by atoms with Crippen LogP contribution in [0.15, 0.2) is 46.9 Å². The van der Waals surface area contributed by atoms with Crippen molar-refractivity contribution in [1.82, 2.24) is 0 Å². The van der Waals surface area contributed by atoms with E-state index < -0.39 is 0 Å². The van der Waals surface area contributed by atoms with Gasteiger partial charge in [-0.25, -0.2) is 0 Å². The number of rotatable bonds is 3. The first kappa shape index (κ1) is 16.0. The molecule has 0 amide bonds. The molecule has 2 aromatic rings. The zero-order valence-electron chi connectivity index (χ0n) is 12.3. The van der Waals surface area contributed by atoms with E-state index in [1.54, 1.807) is 0 Å². The summed E-state index contributed by atoms with van der Waals surface area (Å²) < 4.78 is 6.82. The van der Waals surface area contributed by atoms with Gasteiger partial charge in [-0.15, -0.1) is 0 Å². The molecular weight excluding hydrogens is 346 g/mol. The summed E-state index contributed by atoms with van der Waals surface area (Å²) in [5, 5.41) is 0. The molecule has 0 heterocycles. The summed E-state index contributed by atoms with van der Waals surface area (Å²) in [4.78, 5) is 0.310. The third-order valence-corrected chi connectivity index (χ3v) is 4.01. The van der Waals surface area contributed by atoms with Crippen molar-refractivity contribution in [2.24, 2.45) is 5.73 Å². The quantitative estimate of drug-likeness (QED) is 0.763. The Morgan fingerprint density at radius 2 is 1.81 bits per heavy atom. The topological polar surface area (TPSA) is 35.2 Å². The Labute approximate surface area is 139 Å². The fourth-order valence-corrected chi connectivity index (χ4v) is 2.88. The normalized spacial score (nSPS) is 11.2. The highest BCUT2D eigenvalue weighted by atomic mass is 79.9. The van der Waals surface area contributed by atoms with Crippen molar-refractivity contribution in [2.75, 3.05) is 0 Å². The van der Waals surface area contributed by atoms with E-state index in [-0.39, 0.29) is 5.41 Å². The Morgan fingerprint density at radius 3 is 2.43 bits per heavy atom. The molecule has 0 aromatic heterocycles. The van der Waals surface area contributed by atoms with E-state index in [0.717, 1.165) is 10.2 Å². The van der Waals surface area contributed by atoms with Crippen LogP contribution in [0.3, 0.4) is 0 Å². The molecule has 0 radical (unpaired) electrons. The van der Waals surface area contributed by atoms with Crippen LogP contribution in [0.1, 0.15) is 31.9 Å². The van der Waals surface area contributed by atoms with Gasteiger partial charge in [0.25, 0.3) is 0 Å². The maximum atomic E-state index is 5.99. The number of nitrogens with two attached hydrogens (primary N) is 1. The molecule has 0 bridgehead atoms. The first-order valence-corrected chi connectivity index (χ1v) is 7.86. The molecule has 0 saturated carbocycles. The molecule has 110 valence electrons. The molecule has 2 rings (SSSR count). The highest BCUT2D eigenvalue weighted by Gasteiger charge is 2.15. The molecule has 4 heteroatoms. The summed E-state index contributed by atoms with van der Waals surface area (Å²) in [6.45, 7) is 6.52. The average Bonchev–Trinajstić information content (AvgIpc) is 2.37. The van der Waals surface area contributed by atoms with E-state index in [1.165, 1.54) is 5.56 Å². The summed E-state index contributed by atoms with van der Waals surface area (Å²) >= 11 is 8.57. The predicted octanol–water partition coefficient (Wildman–Crippen LogP) is 5.17. The molecule has 0 unspecified atom stereocenters. The SMILES string of the molecule is CC(C)(C)c1cccc(Oc2cccc(Br)c2C(N)=S)c1. The third kappa shape index (κ3) is 3.83. The fourth-order valence-electron chi connectivity index (χ4n) is 1.98. The van der Waals surface area contributed by atoms with Crippen LogP contribution < -0.4 is 10.5 Å². The van der Waals surface area contributed by atoms with Crippen LogP contribution in [-0.4, -0.2) is 4.99 Å². The Balaban J connectivity index is 2.40. The maximum Gasteiger partial charge on any atom is 0.138 e. The van der Waals surface area contributed by atoms with Crippen molar-refractivity contribution in [1.29, 1.82) is 0 Å². The molecule has 0 aliphatic heterocycles. The minimum atomic E-state index is 0.0721. The summed E-state index contributed by atoms with van der Waals surface area (Å²) in [5.41, 5.74) is 7.79. The molecule has 0 spiro atoms. The van der Waals surface area contributed by atoms with Gasteiger partial charge in [0.15, 0.2) is 0 Å². The van der Waals surface area contributed by atoms with Gasteiger partial charge < -0.3 is 10.5 Å². The van der Waals surface area contributed by atoms with Gasteiger partial charge in [-0.1, -0.05) is 51.2 Å². The zero-order chi connectivity index (χ0) is 15.6. The molecule has 0 aliphatic carbocycles. The number of hydrogen-bond acceptors (Lipinski definition) is 2. The third-order valence-electron chi connectivity index (χ3n) is 3.15. The largest absolute Gasteiger partial charge is 0.457 e. The molecule has 2 N–H and O–H groups in total. The Morgan fingerprint density at radius 1 is 1.14 bits per heavy atom. The van der Waals surface area contributed by atoms with Crippen LogP contribution in [0.5, 0.6) is 11.5 Å². The Bertz CT molecular complexity index is 677. The molecule has 0 aliphatic rings. The second-order valence-corrected chi connectivity index (χ2v) is 7.15. The van der Waals surface area contributed by atoms with Gasteiger partial charge in [-0.3, -0.25) is 0 Å². The summed E-state index contributed by atoms with van der Waals surface area (Å²) in [7, 11) is 0. The highest BCUT2D eigenvalue weighted by Crippen LogP contribution is 2.32. The smallest absolute Gasteiger partial charge is 0.138 e. The maximum absolute atomic E-state index is 5.99. The average molecular weight is 364 g/mol. The van der Waals surface area contributed by atoms with Crippen molar-refractivity contribution in [3.8, 4) is 11.5 Å². The van der Waals surface area contributed by atoms with Gasteiger partial charge in [-0.05, 0) is 51.2 Å². The van der Waals surface area contributed by atoms with Crippen LogP contribution in [0, 0.1) is 0 Å². The monoisotopic (exact) mass is 363 g/mol. The minimum absolute atomic E-state index is 0.0721. The number of thiocarbonyl (C=S) groups is 1. The lowest BCUT2D eigenvalue weighted by molar-refractivity contribution is 0.477. The van der Waals surface area contributed by atoms with E-state index in [1.807, 2.05) is 36.4 Å². The Hall–Kier alpha value is -1.39. The van der Waals surface area contributed by atoms with Crippen LogP contribution in [-0.2, 0) is 5.41 Å². The molecule has 2 aromatic carbocycles. The zero-order valence-corrected chi connectivity index (χ0v) is 14.7. The van der Waals surface area contributed by atoms with Gasteiger partial charge in [0.05, 0.1) is 5.56 Å². The lowest BCUT2D eigenvalue weighted by Gasteiger charge is -2.20. The molecule has 0 saturated heterocycles. The predicted molar refractivity (Wildman–Crippen MR) is 95.2 cm³/mol. The summed E-state index contributed by atoms with van der Waals surface area (Å²) in [5.74, 6) is 1.43. The number of ether oxygens (including phenoxy) is 1. The van der Waals surface area contributed by atoms with Crippen molar-refractivity contribution < 1.29 is 4.74 Å². The lowest BCUT2D eigenvalue weighted by atomic mass is 9.87. The summed E-state index contributed by atoms with van der Waals surface area (Å²) in [6, 6.07) is 13.7. The van der Waals surface area contributed by atoms with E-state index in [4.69, 9.17) is 22.7 Å². The fraction of sp³-hybridized carbons (Fsp3) is 0.235. The lowest BCUT2D eigenvalue weighted by Crippen LogP contribution is -2.12. The van der Waals surface area contributed by atoms with Crippen molar-refractivity contribution in [2.45, 2.75) is 26.2 Å². The van der Waals surface area contributed by atoms with Crippen LogP contribution in [0.25, 0.3) is 0 Å². The number of benzene rings is 2. The van der Waals surface area contributed by atoms with Gasteiger partial charge >= 0.3 is 0 Å². The van der Waals surface area contributed by atoms with Crippen molar-refractivity contribution in [3.63, 3.8) is 0 Å². The van der Waals surface area contributed by atoms with Crippen LogP contribution in [0.2, 0.25) is 0 Å². The van der Waals surface area contributed by atoms with Crippen LogP contribution >= 0.6 is 28.1 Å². The highest BCUT2D eigenvalue weighted by molar-refractivity contribution is 9.10. The Kier molecular flexibility index (Phi) is 4.69. The first-order chi connectivity index (χ1) is 9.79. The second kappa shape index (κ2) is 6.16. The number of halogens is 1. The molecular formula is C17H18BrNOS. The molecule has 0 atom stereocenters. The van der Waals surface area contributed by atoms with E-state index in [0.29, 0.717) is 16.3 Å². The molecule has 21 heavy (non-hydrogen) atoms. The van der Waals surface area contributed by atoms with Crippen molar-refractivity contribution in [3.05, 3.63) is 58.1 Å². The minimum Gasteiger partial charge on any atom is -0.457 e. The van der Waals surface area contributed by atoms with Gasteiger partial charge in [-0.2, -0.15) is 0 Å². The van der Waals surface area contributed by atoms with E-state index in [2.05, 4.69) is 42.8 Å². The van der Waals surface area contributed by atoms with Crippen LogP contribution in [0.4, 0.5) is 0 Å². The van der Waals surface area contributed by atoms with E-state index >= 15 is 0 Å². The van der Waals surface area contributed by atoms with Gasteiger partial charge in [0, 0.05) is 4.47 Å². The van der Waals surface area contributed by atoms with Gasteiger partial charge in [0.1, 0.15) is 16.5 Å². The van der Waals surface area contributed by atoms with E-state index in [9.17, 15) is 0 Å². The van der Waals surface area contributed by atoms with Crippen molar-refractivity contribution >= 4 is 33.1 Å². The standard InChI is InChI=1S/C17H18BrNOS/c1-17(2,3)11-6-4-7-12(10-11)20-14-9-5-8-13(18)15(14)16(19)21/h4-10H,1-3H3,(H2,19,21). The molecule has 0 fully saturated rings.